The molecule has 0 rings (SSSR count). The highest BCUT2D eigenvalue weighted by molar-refractivity contribution is 8.00. The third-order valence-corrected chi connectivity index (χ3v) is 1.78. The first-order valence-electron chi connectivity index (χ1n) is 3.81. The Bertz CT molecular complexity index is 89.3. The normalized spacial score (nSPS) is 11.6. The summed E-state index contributed by atoms with van der Waals surface area (Å²) < 4.78 is 3.15. The van der Waals surface area contributed by atoms with Crippen LogP contribution in [0.4, 0.5) is 0 Å². The van der Waals surface area contributed by atoms with Crippen molar-refractivity contribution >= 4 is 11.9 Å². The number of hydrogen-bond acceptors (Lipinski definition) is 2. The average molecular weight is 159 g/mol. The van der Waals surface area contributed by atoms with Crippen LogP contribution < -0.4 is 4.72 Å². The lowest BCUT2D eigenvalue weighted by molar-refractivity contribution is 0.664. The summed E-state index contributed by atoms with van der Waals surface area (Å²) in [5.74, 6) is 0.776. The minimum absolute atomic E-state index is 0.776. The number of nitrogens with one attached hydrogen (secondary N) is 1. The predicted octanol–water partition coefficient (Wildman–Crippen LogP) is 2.80. The molecule has 0 aromatic carbocycles. The molecule has 0 aliphatic rings. The Balaban J connectivity index is 3.04. The van der Waals surface area contributed by atoms with E-state index in [1.807, 2.05) is 0 Å². The molecule has 0 amide bonds. The zero-order valence-electron chi connectivity index (χ0n) is 7.05. The molecule has 0 atom stereocenters. The van der Waals surface area contributed by atoms with Crippen LogP contribution in [0.5, 0.6) is 0 Å². The van der Waals surface area contributed by atoms with E-state index in [1.54, 1.807) is 11.9 Å². The summed E-state index contributed by atoms with van der Waals surface area (Å²) in [6, 6.07) is 0. The van der Waals surface area contributed by atoms with Gasteiger partial charge in [-0.15, -0.1) is 0 Å². The molecule has 0 aliphatic heterocycles. The van der Waals surface area contributed by atoms with Gasteiger partial charge in [0.25, 0.3) is 0 Å². The quantitative estimate of drug-likeness (QED) is 0.489. The standard InChI is InChI=1S/C8H17NS/c1-4-9-10-7-5-6-8(2)3/h5,7-9H,4,6H2,1-3H3/b7-5+. The maximum Gasteiger partial charge on any atom is 0.00331 e. The molecule has 0 spiro atoms. The first kappa shape index (κ1) is 10.0. The molecule has 0 fully saturated rings. The lowest BCUT2D eigenvalue weighted by Crippen LogP contribution is -1.97. The van der Waals surface area contributed by atoms with Crippen molar-refractivity contribution in [3.05, 3.63) is 11.5 Å². The SMILES string of the molecule is CCNS/C=C/CC(C)C. The minimum atomic E-state index is 0.776. The molecule has 10 heavy (non-hydrogen) atoms. The molecule has 0 radical (unpaired) electrons. The Morgan fingerprint density at radius 2 is 2.20 bits per heavy atom. The van der Waals surface area contributed by atoms with E-state index in [0.717, 1.165) is 12.5 Å². The second kappa shape index (κ2) is 7.16. The van der Waals surface area contributed by atoms with Crippen molar-refractivity contribution in [2.24, 2.45) is 5.92 Å². The lowest BCUT2D eigenvalue weighted by Gasteiger charge is -1.96. The molecule has 1 N–H and O–H groups in total. The summed E-state index contributed by atoms with van der Waals surface area (Å²) in [7, 11) is 0. The van der Waals surface area contributed by atoms with Crippen molar-refractivity contribution in [2.45, 2.75) is 27.2 Å². The molecule has 2 heteroatoms. The highest BCUT2D eigenvalue weighted by Gasteiger charge is 1.85. The van der Waals surface area contributed by atoms with Crippen molar-refractivity contribution in [2.75, 3.05) is 6.54 Å². The maximum atomic E-state index is 3.15. The number of hydrogen-bond donors (Lipinski definition) is 1. The van der Waals surface area contributed by atoms with Crippen molar-refractivity contribution in [3.63, 3.8) is 0 Å². The van der Waals surface area contributed by atoms with Crippen LogP contribution in [0.3, 0.4) is 0 Å². The third kappa shape index (κ3) is 8.05. The molecule has 60 valence electrons. The van der Waals surface area contributed by atoms with Crippen molar-refractivity contribution in [1.29, 1.82) is 0 Å². The van der Waals surface area contributed by atoms with Gasteiger partial charge in [-0.3, -0.25) is 4.72 Å². The van der Waals surface area contributed by atoms with Gasteiger partial charge in [-0.05, 0) is 17.7 Å². The predicted molar refractivity (Wildman–Crippen MR) is 49.9 cm³/mol. The second-order valence-corrected chi connectivity index (χ2v) is 3.41. The van der Waals surface area contributed by atoms with Crippen molar-refractivity contribution in [3.8, 4) is 0 Å². The van der Waals surface area contributed by atoms with Crippen LogP contribution in [0, 0.1) is 5.92 Å². The third-order valence-electron chi connectivity index (χ3n) is 0.999. The summed E-state index contributed by atoms with van der Waals surface area (Å²) in [4.78, 5) is 0. The van der Waals surface area contributed by atoms with E-state index >= 15 is 0 Å². The highest BCUT2D eigenvalue weighted by Crippen LogP contribution is 2.03. The zero-order chi connectivity index (χ0) is 7.82. The molecule has 0 aliphatic carbocycles. The van der Waals surface area contributed by atoms with Gasteiger partial charge in [-0.2, -0.15) is 0 Å². The van der Waals surface area contributed by atoms with Gasteiger partial charge in [0.1, 0.15) is 0 Å². The van der Waals surface area contributed by atoms with Crippen LogP contribution >= 0.6 is 11.9 Å². The number of rotatable bonds is 5. The topological polar surface area (TPSA) is 12.0 Å². The van der Waals surface area contributed by atoms with Crippen LogP contribution in [0.25, 0.3) is 0 Å². The molecule has 0 bridgehead atoms. The summed E-state index contributed by atoms with van der Waals surface area (Å²) >= 11 is 1.66. The average Bonchev–Trinajstić information content (AvgIpc) is 1.87. The van der Waals surface area contributed by atoms with Gasteiger partial charge in [0, 0.05) is 6.54 Å². The Labute approximate surface area is 68.4 Å². The Kier molecular flexibility index (Phi) is 7.20. The lowest BCUT2D eigenvalue weighted by atomic mass is 10.1. The van der Waals surface area contributed by atoms with Gasteiger partial charge in [-0.25, -0.2) is 0 Å². The molecule has 0 saturated carbocycles. The molecular weight excluding hydrogens is 142 g/mol. The smallest absolute Gasteiger partial charge is 0.00331 e. The fourth-order valence-electron chi connectivity index (χ4n) is 0.507. The van der Waals surface area contributed by atoms with Crippen LogP contribution in [0.15, 0.2) is 11.5 Å². The fourth-order valence-corrected chi connectivity index (χ4v) is 0.978. The van der Waals surface area contributed by atoms with Gasteiger partial charge in [0.15, 0.2) is 0 Å². The van der Waals surface area contributed by atoms with E-state index in [9.17, 15) is 0 Å². The van der Waals surface area contributed by atoms with E-state index in [4.69, 9.17) is 0 Å². The molecule has 0 aromatic rings. The molecule has 0 aromatic heterocycles. The van der Waals surface area contributed by atoms with Crippen molar-refractivity contribution < 1.29 is 0 Å². The van der Waals surface area contributed by atoms with E-state index in [2.05, 4.69) is 37.0 Å². The van der Waals surface area contributed by atoms with Crippen LogP contribution in [0.2, 0.25) is 0 Å². The summed E-state index contributed by atoms with van der Waals surface area (Å²) in [5, 5.41) is 2.11. The summed E-state index contributed by atoms with van der Waals surface area (Å²) in [6.45, 7) is 7.57. The Hall–Kier alpha value is 0.0500. The van der Waals surface area contributed by atoms with Gasteiger partial charge >= 0.3 is 0 Å². The Morgan fingerprint density at radius 1 is 1.50 bits per heavy atom. The second-order valence-electron chi connectivity index (χ2n) is 2.62. The molecule has 0 unspecified atom stereocenters. The maximum absolute atomic E-state index is 3.15. The van der Waals surface area contributed by atoms with Crippen molar-refractivity contribution in [1.82, 2.24) is 4.72 Å². The molecule has 0 saturated heterocycles. The first-order valence-corrected chi connectivity index (χ1v) is 4.68. The van der Waals surface area contributed by atoms with Gasteiger partial charge in [0.2, 0.25) is 0 Å². The van der Waals surface area contributed by atoms with E-state index in [-0.39, 0.29) is 0 Å². The fraction of sp³-hybridized carbons (Fsp3) is 0.750. The van der Waals surface area contributed by atoms with Gasteiger partial charge in [0.05, 0.1) is 0 Å². The minimum Gasteiger partial charge on any atom is -0.261 e. The molecule has 1 nitrogen and oxygen atoms in total. The number of allylic oxidation sites excluding steroid dienone is 1. The van der Waals surface area contributed by atoms with Crippen LogP contribution in [-0.4, -0.2) is 6.54 Å². The van der Waals surface area contributed by atoms with Crippen LogP contribution in [-0.2, 0) is 0 Å². The molecule has 0 heterocycles. The first-order chi connectivity index (χ1) is 4.77. The van der Waals surface area contributed by atoms with Gasteiger partial charge < -0.3 is 0 Å². The Morgan fingerprint density at radius 3 is 2.70 bits per heavy atom. The van der Waals surface area contributed by atoms with Crippen LogP contribution in [0.1, 0.15) is 27.2 Å². The zero-order valence-corrected chi connectivity index (χ0v) is 7.87. The monoisotopic (exact) mass is 159 g/mol. The van der Waals surface area contributed by atoms with Gasteiger partial charge in [-0.1, -0.05) is 38.8 Å². The van der Waals surface area contributed by atoms with E-state index < -0.39 is 0 Å². The van der Waals surface area contributed by atoms with E-state index in [0.29, 0.717) is 0 Å². The highest BCUT2D eigenvalue weighted by atomic mass is 32.2. The summed E-state index contributed by atoms with van der Waals surface area (Å²) in [6.07, 6.45) is 3.39. The molecular formula is C8H17NS. The largest absolute Gasteiger partial charge is 0.261 e. The van der Waals surface area contributed by atoms with E-state index in [1.165, 1.54) is 6.42 Å². The summed E-state index contributed by atoms with van der Waals surface area (Å²) in [5.41, 5.74) is 0.